The molecule has 82 valence electrons. The summed E-state index contributed by atoms with van der Waals surface area (Å²) in [4.78, 5) is 4.68. The Balaban J connectivity index is 2.54. The summed E-state index contributed by atoms with van der Waals surface area (Å²) in [5.41, 5.74) is 7.46. The minimum atomic E-state index is -0.169. The SMILES string of the molecule is Cn1c(-c2ccccc2)cs/c1=N/C(=N)N. The molecule has 1 aromatic carbocycles. The maximum Gasteiger partial charge on any atom is 0.215 e. The normalized spacial score (nSPS) is 11.7. The van der Waals surface area contributed by atoms with Crippen molar-refractivity contribution in [3.05, 3.63) is 40.5 Å². The quantitative estimate of drug-likeness (QED) is 0.568. The molecule has 5 heteroatoms. The molecule has 3 N–H and O–H groups in total. The summed E-state index contributed by atoms with van der Waals surface area (Å²) in [6.45, 7) is 0. The number of nitrogens with zero attached hydrogens (tertiary/aromatic N) is 2. The predicted molar refractivity (Wildman–Crippen MR) is 66.2 cm³/mol. The molecule has 4 nitrogen and oxygen atoms in total. The Bertz CT molecular complexity index is 565. The zero-order valence-corrected chi connectivity index (χ0v) is 9.66. The van der Waals surface area contributed by atoms with Crippen LogP contribution >= 0.6 is 11.3 Å². The molecule has 0 aliphatic rings. The maximum absolute atomic E-state index is 7.15. The highest BCUT2D eigenvalue weighted by atomic mass is 32.1. The van der Waals surface area contributed by atoms with E-state index in [2.05, 4.69) is 4.99 Å². The van der Waals surface area contributed by atoms with E-state index in [1.165, 1.54) is 11.3 Å². The summed E-state index contributed by atoms with van der Waals surface area (Å²) >= 11 is 1.47. The number of rotatable bonds is 1. The van der Waals surface area contributed by atoms with Gasteiger partial charge < -0.3 is 10.3 Å². The van der Waals surface area contributed by atoms with E-state index in [-0.39, 0.29) is 5.96 Å². The lowest BCUT2D eigenvalue weighted by atomic mass is 10.2. The van der Waals surface area contributed by atoms with Gasteiger partial charge >= 0.3 is 0 Å². The van der Waals surface area contributed by atoms with Gasteiger partial charge in [0.05, 0.1) is 5.69 Å². The first-order valence-electron chi connectivity index (χ1n) is 4.77. The second kappa shape index (κ2) is 4.32. The molecule has 0 saturated heterocycles. The van der Waals surface area contributed by atoms with E-state index in [1.54, 1.807) is 0 Å². The average molecular weight is 232 g/mol. The highest BCUT2D eigenvalue weighted by Crippen LogP contribution is 2.18. The maximum atomic E-state index is 7.15. The number of thiazole rings is 1. The van der Waals surface area contributed by atoms with Crippen molar-refractivity contribution < 1.29 is 0 Å². The van der Waals surface area contributed by atoms with Gasteiger partial charge in [0.2, 0.25) is 5.96 Å². The lowest BCUT2D eigenvalue weighted by molar-refractivity contribution is 0.885. The molecular formula is C11H12N4S. The average Bonchev–Trinajstić information content (AvgIpc) is 2.61. The molecule has 2 rings (SSSR count). The zero-order chi connectivity index (χ0) is 11.5. The van der Waals surface area contributed by atoms with Crippen LogP contribution in [0.25, 0.3) is 11.3 Å². The van der Waals surface area contributed by atoms with Crippen molar-refractivity contribution >= 4 is 17.3 Å². The topological polar surface area (TPSA) is 67.2 Å². The van der Waals surface area contributed by atoms with Crippen molar-refractivity contribution in [3.63, 3.8) is 0 Å². The third kappa shape index (κ3) is 2.04. The predicted octanol–water partition coefficient (Wildman–Crippen LogP) is 1.55. The van der Waals surface area contributed by atoms with Crippen LogP contribution in [0.2, 0.25) is 0 Å². The molecule has 0 bridgehead atoms. The molecule has 1 heterocycles. The van der Waals surface area contributed by atoms with Gasteiger partial charge in [-0.05, 0) is 5.56 Å². The number of hydrogen-bond donors (Lipinski definition) is 2. The molecule has 0 amide bonds. The molecule has 0 aliphatic carbocycles. The van der Waals surface area contributed by atoms with Crippen LogP contribution in [0.3, 0.4) is 0 Å². The fourth-order valence-electron chi connectivity index (χ4n) is 1.44. The van der Waals surface area contributed by atoms with Gasteiger partial charge in [-0.2, -0.15) is 4.99 Å². The summed E-state index contributed by atoms with van der Waals surface area (Å²) in [5.74, 6) is -0.169. The molecule has 0 fully saturated rings. The molecule has 0 aliphatic heterocycles. The minimum absolute atomic E-state index is 0.169. The largest absolute Gasteiger partial charge is 0.368 e. The number of benzene rings is 1. The van der Waals surface area contributed by atoms with Crippen molar-refractivity contribution in [2.75, 3.05) is 0 Å². The van der Waals surface area contributed by atoms with Crippen LogP contribution in [0, 0.1) is 5.41 Å². The standard InChI is InChI=1S/C11H12N4S/c1-15-9(8-5-3-2-4-6-8)7-16-11(15)14-10(12)13/h2-7H,1H3,(H3,12,13)/b14-11+. The summed E-state index contributed by atoms with van der Waals surface area (Å²) in [6.07, 6.45) is 0. The van der Waals surface area contributed by atoms with E-state index in [0.29, 0.717) is 0 Å². The Morgan fingerprint density at radius 3 is 2.69 bits per heavy atom. The number of guanidine groups is 1. The van der Waals surface area contributed by atoms with Crippen LogP contribution in [0.1, 0.15) is 0 Å². The number of nitrogens with two attached hydrogens (primary N) is 1. The number of aromatic nitrogens is 1. The summed E-state index contributed by atoms with van der Waals surface area (Å²) in [5, 5.41) is 9.16. The molecule has 0 unspecified atom stereocenters. The van der Waals surface area contributed by atoms with Crippen molar-refractivity contribution in [1.29, 1.82) is 5.41 Å². The van der Waals surface area contributed by atoms with Crippen LogP contribution in [-0.2, 0) is 7.05 Å². The van der Waals surface area contributed by atoms with E-state index in [9.17, 15) is 0 Å². The fraction of sp³-hybridized carbons (Fsp3) is 0.0909. The van der Waals surface area contributed by atoms with Crippen LogP contribution < -0.4 is 10.5 Å². The first-order valence-corrected chi connectivity index (χ1v) is 5.65. The van der Waals surface area contributed by atoms with Crippen molar-refractivity contribution in [2.24, 2.45) is 17.8 Å². The van der Waals surface area contributed by atoms with E-state index in [4.69, 9.17) is 11.1 Å². The van der Waals surface area contributed by atoms with Gasteiger partial charge in [-0.25, -0.2) is 0 Å². The Labute approximate surface area is 97.2 Å². The lowest BCUT2D eigenvalue weighted by Crippen LogP contribution is -2.17. The van der Waals surface area contributed by atoms with Gasteiger partial charge in [0.25, 0.3) is 0 Å². The van der Waals surface area contributed by atoms with E-state index >= 15 is 0 Å². The molecule has 0 saturated carbocycles. The van der Waals surface area contributed by atoms with Gasteiger partial charge in [0.15, 0.2) is 4.80 Å². The van der Waals surface area contributed by atoms with Crippen LogP contribution in [0.5, 0.6) is 0 Å². The van der Waals surface area contributed by atoms with Gasteiger partial charge in [-0.3, -0.25) is 5.41 Å². The van der Waals surface area contributed by atoms with Crippen molar-refractivity contribution in [1.82, 2.24) is 4.57 Å². The molecule has 0 atom stereocenters. The van der Waals surface area contributed by atoms with Gasteiger partial charge in [0, 0.05) is 12.4 Å². The number of hydrogen-bond acceptors (Lipinski definition) is 2. The molecular weight excluding hydrogens is 220 g/mol. The van der Waals surface area contributed by atoms with E-state index in [1.807, 2.05) is 47.3 Å². The minimum Gasteiger partial charge on any atom is -0.368 e. The summed E-state index contributed by atoms with van der Waals surface area (Å²) in [6, 6.07) is 10.1. The molecule has 1 aromatic heterocycles. The second-order valence-electron chi connectivity index (χ2n) is 3.33. The molecule has 16 heavy (non-hydrogen) atoms. The second-order valence-corrected chi connectivity index (χ2v) is 4.16. The smallest absolute Gasteiger partial charge is 0.215 e. The Morgan fingerprint density at radius 1 is 1.38 bits per heavy atom. The van der Waals surface area contributed by atoms with Gasteiger partial charge in [-0.1, -0.05) is 30.3 Å². The van der Waals surface area contributed by atoms with E-state index < -0.39 is 0 Å². The first kappa shape index (κ1) is 10.6. The van der Waals surface area contributed by atoms with Gasteiger partial charge in [-0.15, -0.1) is 11.3 Å². The highest BCUT2D eigenvalue weighted by molar-refractivity contribution is 7.07. The Hall–Kier alpha value is -1.88. The van der Waals surface area contributed by atoms with Gasteiger partial charge in [0.1, 0.15) is 0 Å². The van der Waals surface area contributed by atoms with E-state index in [0.717, 1.165) is 16.1 Å². The third-order valence-electron chi connectivity index (χ3n) is 2.21. The monoisotopic (exact) mass is 232 g/mol. The van der Waals surface area contributed by atoms with Crippen molar-refractivity contribution in [3.8, 4) is 11.3 Å². The Kier molecular flexibility index (Phi) is 2.87. The summed E-state index contributed by atoms with van der Waals surface area (Å²) in [7, 11) is 1.92. The molecule has 0 radical (unpaired) electrons. The third-order valence-corrected chi connectivity index (χ3v) is 3.13. The highest BCUT2D eigenvalue weighted by Gasteiger charge is 2.03. The number of nitrogens with one attached hydrogen (secondary N) is 1. The Morgan fingerprint density at radius 2 is 2.06 bits per heavy atom. The molecule has 2 aromatic rings. The molecule has 0 spiro atoms. The van der Waals surface area contributed by atoms with Crippen LogP contribution in [-0.4, -0.2) is 10.5 Å². The summed E-state index contributed by atoms with van der Waals surface area (Å²) < 4.78 is 1.93. The first-order chi connectivity index (χ1) is 7.68. The van der Waals surface area contributed by atoms with Crippen molar-refractivity contribution in [2.45, 2.75) is 0 Å². The van der Waals surface area contributed by atoms with Crippen LogP contribution in [0.4, 0.5) is 0 Å². The van der Waals surface area contributed by atoms with Crippen LogP contribution in [0.15, 0.2) is 40.7 Å². The zero-order valence-electron chi connectivity index (χ0n) is 8.84. The fourth-order valence-corrected chi connectivity index (χ4v) is 2.36. The lowest BCUT2D eigenvalue weighted by Gasteiger charge is -2.01.